The molecule has 0 unspecified atom stereocenters. The molecule has 0 aromatic carbocycles. The molecular formula is C30H52F2N6O6S. The third kappa shape index (κ3) is 9.05. The maximum Gasteiger partial charge on any atom is 0.315 e. The van der Waals surface area contributed by atoms with Gasteiger partial charge in [-0.2, -0.15) is 0 Å². The Bertz CT molecular complexity index is 1260. The van der Waals surface area contributed by atoms with Gasteiger partial charge >= 0.3 is 6.03 Å². The lowest BCUT2D eigenvalue weighted by molar-refractivity contribution is -0.144. The minimum atomic E-state index is -3.52. The second-order valence-corrected chi connectivity index (χ2v) is 17.8. The van der Waals surface area contributed by atoms with E-state index < -0.39 is 81.6 Å². The molecule has 2 aliphatic carbocycles. The molecule has 0 bridgehead atoms. The summed E-state index contributed by atoms with van der Waals surface area (Å²) in [6.07, 6.45) is -1.09. The van der Waals surface area contributed by atoms with Crippen LogP contribution < -0.4 is 21.3 Å². The number of rotatable bonds is 12. The number of halogens is 2. The first-order valence-electron chi connectivity index (χ1n) is 15.5. The highest BCUT2D eigenvalue weighted by Crippen LogP contribution is 2.65. The van der Waals surface area contributed by atoms with E-state index in [-0.39, 0.29) is 36.4 Å². The van der Waals surface area contributed by atoms with Crippen LogP contribution in [0.5, 0.6) is 0 Å². The first-order chi connectivity index (χ1) is 20.4. The van der Waals surface area contributed by atoms with Gasteiger partial charge in [0.2, 0.25) is 34.2 Å². The van der Waals surface area contributed by atoms with Crippen molar-refractivity contribution in [3.63, 3.8) is 0 Å². The van der Waals surface area contributed by atoms with Gasteiger partial charge in [-0.1, -0.05) is 55.4 Å². The topological polar surface area (TPSA) is 157 Å². The van der Waals surface area contributed by atoms with Crippen LogP contribution in [0.1, 0.15) is 74.7 Å². The molecule has 0 aromatic heterocycles. The number of urea groups is 1. The van der Waals surface area contributed by atoms with Crippen LogP contribution in [0.4, 0.5) is 13.6 Å². The molecular weight excluding hydrogens is 610 g/mol. The average Bonchev–Trinajstić information content (AvgIpc) is 3.71. The molecule has 1 saturated heterocycles. The van der Waals surface area contributed by atoms with Crippen molar-refractivity contribution in [3.05, 3.63) is 0 Å². The van der Waals surface area contributed by atoms with Crippen molar-refractivity contribution in [1.29, 1.82) is 0 Å². The Morgan fingerprint density at radius 3 is 2.02 bits per heavy atom. The van der Waals surface area contributed by atoms with Gasteiger partial charge in [-0.15, -0.1) is 0 Å². The number of carbonyl (C=O) groups excluding carboxylic acids is 4. The van der Waals surface area contributed by atoms with E-state index in [1.54, 1.807) is 20.8 Å². The molecule has 1 aliphatic heterocycles. The molecule has 1 heterocycles. The number of hydrogen-bond donors (Lipinski definition) is 4. The maximum atomic E-state index is 14.2. The molecule has 12 nitrogen and oxygen atoms in total. The molecule has 5 amide bonds. The smallest absolute Gasteiger partial charge is 0.315 e. The number of piperidine rings is 1. The Labute approximate surface area is 266 Å². The van der Waals surface area contributed by atoms with E-state index in [0.29, 0.717) is 0 Å². The molecule has 3 rings (SSSR count). The van der Waals surface area contributed by atoms with Crippen LogP contribution in [-0.2, 0) is 24.4 Å². The van der Waals surface area contributed by atoms with Gasteiger partial charge in [0.25, 0.3) is 0 Å². The summed E-state index contributed by atoms with van der Waals surface area (Å²) in [6.45, 7) is 15.1. The molecule has 6 atom stereocenters. The Kier molecular flexibility index (Phi) is 10.6. The zero-order valence-electron chi connectivity index (χ0n) is 28.2. The van der Waals surface area contributed by atoms with Crippen LogP contribution in [0.15, 0.2) is 0 Å². The monoisotopic (exact) mass is 662 g/mol. The SMILES string of the molecule is CN(C[C@@H](NC(=O)N[C@H](C(=O)N1C[C@H]2[C@@H]([C@H]1C(=O)N[C@@H](CC(F)F)C(=O)NC1CC1)C2(C)C)C(C)(C)C)C(C)(C)C)S(C)(=O)=O. The van der Waals surface area contributed by atoms with Gasteiger partial charge in [0.15, 0.2) is 0 Å². The minimum Gasteiger partial charge on any atom is -0.352 e. The van der Waals surface area contributed by atoms with Gasteiger partial charge in [-0.05, 0) is 40.9 Å². The van der Waals surface area contributed by atoms with Crippen molar-refractivity contribution in [2.45, 2.75) is 111 Å². The van der Waals surface area contributed by atoms with Crippen molar-refractivity contribution >= 4 is 33.8 Å². The Hall–Kier alpha value is -2.55. The van der Waals surface area contributed by atoms with Gasteiger partial charge in [-0.3, -0.25) is 14.4 Å². The van der Waals surface area contributed by atoms with E-state index in [0.717, 1.165) is 23.4 Å². The van der Waals surface area contributed by atoms with E-state index in [9.17, 15) is 36.4 Å². The van der Waals surface area contributed by atoms with Gasteiger partial charge < -0.3 is 26.2 Å². The van der Waals surface area contributed by atoms with Crippen molar-refractivity contribution in [2.75, 3.05) is 26.4 Å². The van der Waals surface area contributed by atoms with Crippen LogP contribution in [-0.4, -0.2) is 104 Å². The number of hydrogen-bond acceptors (Lipinski definition) is 6. The third-order valence-electron chi connectivity index (χ3n) is 9.48. The van der Waals surface area contributed by atoms with Crippen LogP contribution >= 0.6 is 0 Å². The number of fused-ring (bicyclic) bond motifs is 1. The quantitative estimate of drug-likeness (QED) is 0.250. The molecule has 258 valence electrons. The number of sulfonamides is 1. The van der Waals surface area contributed by atoms with Crippen LogP contribution in [0.2, 0.25) is 0 Å². The summed E-state index contributed by atoms with van der Waals surface area (Å²) in [4.78, 5) is 55.4. The van der Waals surface area contributed by atoms with Crippen molar-refractivity contribution in [2.24, 2.45) is 28.1 Å². The number of likely N-dealkylation sites (tertiary alicyclic amines) is 1. The van der Waals surface area contributed by atoms with Crippen molar-refractivity contribution in [3.8, 4) is 0 Å². The number of nitrogens with zero attached hydrogens (tertiary/aromatic N) is 2. The van der Waals surface area contributed by atoms with E-state index in [1.165, 1.54) is 11.9 Å². The second-order valence-electron chi connectivity index (χ2n) is 15.7. The summed E-state index contributed by atoms with van der Waals surface area (Å²) in [5.41, 5.74) is -1.62. The summed E-state index contributed by atoms with van der Waals surface area (Å²) in [6, 6.07) is -4.91. The third-order valence-corrected chi connectivity index (χ3v) is 10.8. The predicted molar refractivity (Wildman–Crippen MR) is 166 cm³/mol. The number of carbonyl (C=O) groups is 4. The first kappa shape index (κ1) is 36.9. The zero-order chi connectivity index (χ0) is 34.4. The molecule has 3 aliphatic rings. The minimum absolute atomic E-state index is 0.00477. The van der Waals surface area contributed by atoms with Crippen LogP contribution in [0, 0.1) is 28.1 Å². The van der Waals surface area contributed by atoms with Gasteiger partial charge in [0.1, 0.15) is 18.1 Å². The number of nitrogens with one attached hydrogen (secondary N) is 4. The fourth-order valence-electron chi connectivity index (χ4n) is 6.08. The van der Waals surface area contributed by atoms with Crippen molar-refractivity contribution in [1.82, 2.24) is 30.5 Å². The highest BCUT2D eigenvalue weighted by molar-refractivity contribution is 7.88. The Morgan fingerprint density at radius 1 is 0.978 bits per heavy atom. The Balaban J connectivity index is 1.82. The van der Waals surface area contributed by atoms with Gasteiger partial charge in [-0.25, -0.2) is 26.3 Å². The van der Waals surface area contributed by atoms with Crippen LogP contribution in [0.25, 0.3) is 0 Å². The molecule has 15 heteroatoms. The average molecular weight is 663 g/mol. The molecule has 0 aromatic rings. The highest BCUT2D eigenvalue weighted by atomic mass is 32.2. The molecule has 3 fully saturated rings. The number of alkyl halides is 2. The zero-order valence-corrected chi connectivity index (χ0v) is 29.0. The molecule has 0 spiro atoms. The predicted octanol–water partition coefficient (Wildman–Crippen LogP) is 1.91. The number of amides is 5. The standard InChI is InChI=1S/C30H52F2N6O6S/c1-28(2,3)19(15-37(9)45(10,43)44)35-27(42)36-23(29(4,5)6)26(41)38-14-17-21(30(17,7)8)22(38)25(40)34-18(13-20(31)32)24(39)33-16-11-12-16/h16-23H,11-15H2,1-10H3,(H,33,39)(H,34,40)(H2,35,36,42)/t17-,18-,19+,21-,22-,23+/m0/s1. The molecule has 45 heavy (non-hydrogen) atoms. The lowest BCUT2D eigenvalue weighted by atomic mass is 9.85. The van der Waals surface area contributed by atoms with E-state index in [2.05, 4.69) is 21.3 Å². The summed E-state index contributed by atoms with van der Waals surface area (Å²) in [7, 11) is -2.10. The lowest BCUT2D eigenvalue weighted by Gasteiger charge is -2.39. The fraction of sp³-hybridized carbons (Fsp3) is 0.867. The normalized spacial score (nSPS) is 24.8. The van der Waals surface area contributed by atoms with Gasteiger partial charge in [0, 0.05) is 38.6 Å². The van der Waals surface area contributed by atoms with Crippen LogP contribution in [0.3, 0.4) is 0 Å². The van der Waals surface area contributed by atoms with Crippen molar-refractivity contribution < 1.29 is 36.4 Å². The second kappa shape index (κ2) is 12.9. The first-order valence-corrected chi connectivity index (χ1v) is 17.4. The molecule has 4 N–H and O–H groups in total. The molecule has 2 saturated carbocycles. The maximum absolute atomic E-state index is 14.2. The lowest BCUT2D eigenvalue weighted by Crippen LogP contribution is -2.62. The summed E-state index contributed by atoms with van der Waals surface area (Å²) >= 11 is 0. The van der Waals surface area contributed by atoms with E-state index in [4.69, 9.17) is 0 Å². The molecule has 0 radical (unpaired) electrons. The fourth-order valence-corrected chi connectivity index (χ4v) is 6.50. The van der Waals surface area contributed by atoms with E-state index >= 15 is 0 Å². The Morgan fingerprint density at radius 2 is 1.56 bits per heavy atom. The van der Waals surface area contributed by atoms with E-state index in [1.807, 2.05) is 34.6 Å². The highest BCUT2D eigenvalue weighted by Gasteiger charge is 2.70. The summed E-state index contributed by atoms with van der Waals surface area (Å²) in [5, 5.41) is 10.8. The largest absolute Gasteiger partial charge is 0.352 e. The summed E-state index contributed by atoms with van der Waals surface area (Å²) in [5.74, 6) is -2.11. The van der Waals surface area contributed by atoms with Gasteiger partial charge in [0.05, 0.1) is 6.26 Å². The number of likely N-dealkylation sites (N-methyl/N-ethyl adjacent to an activating group) is 1. The summed E-state index contributed by atoms with van der Waals surface area (Å²) < 4.78 is 52.1.